The Hall–Kier alpha value is -1.21. The van der Waals surface area contributed by atoms with Crippen molar-refractivity contribution in [3.63, 3.8) is 0 Å². The van der Waals surface area contributed by atoms with Crippen LogP contribution < -0.4 is 4.74 Å². The van der Waals surface area contributed by atoms with Crippen molar-refractivity contribution in [2.45, 2.75) is 32.5 Å². The van der Waals surface area contributed by atoms with Crippen molar-refractivity contribution >= 4 is 17.2 Å². The van der Waals surface area contributed by atoms with E-state index in [1.54, 1.807) is 6.92 Å². The maximum atomic E-state index is 12.3. The van der Waals surface area contributed by atoms with Gasteiger partial charge in [0.2, 0.25) is 0 Å². The number of hydrogen-bond donors (Lipinski definition) is 1. The van der Waals surface area contributed by atoms with Crippen LogP contribution in [0.2, 0.25) is 0 Å². The lowest BCUT2D eigenvalue weighted by Gasteiger charge is -2.29. The van der Waals surface area contributed by atoms with E-state index >= 15 is 0 Å². The molecule has 7 heteroatoms. The van der Waals surface area contributed by atoms with Crippen molar-refractivity contribution in [2.75, 3.05) is 13.1 Å². The first-order valence-electron chi connectivity index (χ1n) is 6.00. The molecule has 4 nitrogen and oxygen atoms in total. The fourth-order valence-electron chi connectivity index (χ4n) is 2.11. The van der Waals surface area contributed by atoms with Gasteiger partial charge in [-0.3, -0.25) is 4.79 Å². The molecule has 0 aromatic carbocycles. The van der Waals surface area contributed by atoms with Gasteiger partial charge in [-0.2, -0.15) is 8.78 Å². The van der Waals surface area contributed by atoms with Gasteiger partial charge in [0, 0.05) is 18.0 Å². The lowest BCUT2D eigenvalue weighted by molar-refractivity contribution is -0.0500. The van der Waals surface area contributed by atoms with Gasteiger partial charge in [-0.15, -0.1) is 11.3 Å². The normalized spacial score (nSPS) is 19.8. The molecule has 1 aromatic heterocycles. The number of nitrogens with zero attached hydrogens (tertiary/aromatic N) is 1. The number of β-amino-alcohol motifs (C(OH)–C–C–N with tert-alkyl or cyclic N) is 1. The quantitative estimate of drug-likeness (QED) is 0.929. The third kappa shape index (κ3) is 3.42. The van der Waals surface area contributed by atoms with Crippen LogP contribution in [0.15, 0.2) is 6.07 Å². The number of likely N-dealkylation sites (tertiary alicyclic amines) is 1. The summed E-state index contributed by atoms with van der Waals surface area (Å²) in [5.74, 6) is -0.435. The number of thiophene rings is 1. The zero-order valence-electron chi connectivity index (χ0n) is 10.4. The van der Waals surface area contributed by atoms with Crippen molar-refractivity contribution < 1.29 is 23.4 Å². The highest BCUT2D eigenvalue weighted by molar-refractivity contribution is 7.14. The number of hydrogen-bond acceptors (Lipinski definition) is 4. The molecule has 0 saturated carbocycles. The minimum atomic E-state index is -2.95. The molecule has 19 heavy (non-hydrogen) atoms. The third-order valence-corrected chi connectivity index (χ3v) is 3.93. The van der Waals surface area contributed by atoms with Crippen molar-refractivity contribution in [2.24, 2.45) is 0 Å². The number of ether oxygens (including phenoxy) is 1. The largest absolute Gasteiger partial charge is 0.433 e. The van der Waals surface area contributed by atoms with Crippen LogP contribution >= 0.6 is 11.3 Å². The highest BCUT2D eigenvalue weighted by Gasteiger charge is 2.27. The number of piperidine rings is 1. The Morgan fingerprint density at radius 1 is 1.63 bits per heavy atom. The Balaban J connectivity index is 2.18. The average Bonchev–Trinajstić information content (AvgIpc) is 2.68. The predicted octanol–water partition coefficient (Wildman–Crippen LogP) is 2.25. The lowest BCUT2D eigenvalue weighted by Crippen LogP contribution is -2.42. The number of carbonyl (C=O) groups excluding carboxylic acids is 1. The Labute approximate surface area is 113 Å². The molecule has 0 spiro atoms. The number of carbonyl (C=O) groups is 1. The fraction of sp³-hybridized carbons (Fsp3) is 0.583. The van der Waals surface area contributed by atoms with Gasteiger partial charge < -0.3 is 14.7 Å². The molecule has 1 aliphatic rings. The second kappa shape index (κ2) is 5.83. The van der Waals surface area contributed by atoms with Gasteiger partial charge in [-0.05, 0) is 25.8 Å². The number of alkyl halides is 2. The zero-order valence-corrected chi connectivity index (χ0v) is 11.3. The van der Waals surface area contributed by atoms with Crippen LogP contribution in [0, 0.1) is 6.92 Å². The van der Waals surface area contributed by atoms with Gasteiger partial charge >= 0.3 is 6.61 Å². The van der Waals surface area contributed by atoms with E-state index in [1.807, 2.05) is 0 Å². The summed E-state index contributed by atoms with van der Waals surface area (Å²) < 4.78 is 29.0. The van der Waals surface area contributed by atoms with Crippen LogP contribution in [0.1, 0.15) is 27.4 Å². The molecule has 2 rings (SSSR count). The third-order valence-electron chi connectivity index (χ3n) is 2.92. The number of aliphatic hydroxyl groups is 1. The second-order valence-electron chi connectivity index (χ2n) is 4.48. The van der Waals surface area contributed by atoms with Gasteiger partial charge in [0.05, 0.1) is 6.10 Å². The SMILES string of the molecule is Cc1cc(OC(F)F)c(C(=O)N2CCCC(O)C2)s1. The minimum Gasteiger partial charge on any atom is -0.433 e. The summed E-state index contributed by atoms with van der Waals surface area (Å²) in [6.45, 7) is -0.456. The topological polar surface area (TPSA) is 49.8 Å². The van der Waals surface area contributed by atoms with E-state index in [2.05, 4.69) is 4.74 Å². The van der Waals surface area contributed by atoms with Crippen LogP contribution in [-0.2, 0) is 0 Å². The van der Waals surface area contributed by atoms with E-state index in [-0.39, 0.29) is 23.1 Å². The van der Waals surface area contributed by atoms with Gasteiger partial charge in [-0.25, -0.2) is 0 Å². The maximum absolute atomic E-state index is 12.3. The molecular formula is C12H15F2NO3S. The summed E-state index contributed by atoms with van der Waals surface area (Å²) in [4.78, 5) is 14.7. The molecule has 1 saturated heterocycles. The number of amides is 1. The van der Waals surface area contributed by atoms with E-state index in [1.165, 1.54) is 11.0 Å². The zero-order chi connectivity index (χ0) is 14.0. The first-order valence-corrected chi connectivity index (χ1v) is 6.81. The van der Waals surface area contributed by atoms with Gasteiger partial charge in [0.1, 0.15) is 10.6 Å². The first kappa shape index (κ1) is 14.2. The standard InChI is InChI=1S/C12H15F2NO3S/c1-7-5-9(18-12(13)14)10(19-7)11(17)15-4-2-3-8(16)6-15/h5,8,12,16H,2-4,6H2,1H3. The molecule has 1 unspecified atom stereocenters. The van der Waals surface area contributed by atoms with Crippen molar-refractivity contribution in [3.05, 3.63) is 15.8 Å². The van der Waals surface area contributed by atoms with E-state index in [4.69, 9.17) is 0 Å². The minimum absolute atomic E-state index is 0.0810. The van der Waals surface area contributed by atoms with E-state index in [9.17, 15) is 18.7 Å². The predicted molar refractivity (Wildman–Crippen MR) is 66.8 cm³/mol. The maximum Gasteiger partial charge on any atom is 0.387 e. The molecule has 1 aliphatic heterocycles. The number of halogens is 2. The molecule has 0 aliphatic carbocycles. The number of aliphatic hydroxyl groups excluding tert-OH is 1. The first-order chi connectivity index (χ1) is 8.97. The molecule has 1 amide bonds. The van der Waals surface area contributed by atoms with Crippen molar-refractivity contribution in [1.82, 2.24) is 4.90 Å². The average molecular weight is 291 g/mol. The Kier molecular flexibility index (Phi) is 4.36. The second-order valence-corrected chi connectivity index (χ2v) is 5.73. The molecule has 1 fully saturated rings. The molecule has 2 heterocycles. The molecule has 1 N–H and O–H groups in total. The highest BCUT2D eigenvalue weighted by Crippen LogP contribution is 2.32. The van der Waals surface area contributed by atoms with Crippen molar-refractivity contribution in [3.8, 4) is 5.75 Å². The fourth-order valence-corrected chi connectivity index (χ4v) is 3.02. The van der Waals surface area contributed by atoms with Crippen LogP contribution in [0.25, 0.3) is 0 Å². The molecule has 0 bridgehead atoms. The summed E-state index contributed by atoms with van der Waals surface area (Å²) in [5, 5.41) is 9.55. The summed E-state index contributed by atoms with van der Waals surface area (Å²) in [5.41, 5.74) is 0. The summed E-state index contributed by atoms with van der Waals surface area (Å²) in [6.07, 6.45) is 0.828. The van der Waals surface area contributed by atoms with Crippen LogP contribution in [0.5, 0.6) is 5.75 Å². The summed E-state index contributed by atoms with van der Waals surface area (Å²) in [7, 11) is 0. The van der Waals surface area contributed by atoms with E-state index in [0.29, 0.717) is 19.4 Å². The van der Waals surface area contributed by atoms with E-state index < -0.39 is 12.7 Å². The van der Waals surface area contributed by atoms with Gasteiger partial charge in [0.15, 0.2) is 0 Å². The smallest absolute Gasteiger partial charge is 0.387 e. The van der Waals surface area contributed by atoms with Crippen LogP contribution in [-0.4, -0.2) is 41.7 Å². The molecule has 1 aromatic rings. The monoisotopic (exact) mass is 291 g/mol. The number of rotatable bonds is 3. The Morgan fingerprint density at radius 3 is 3.00 bits per heavy atom. The van der Waals surface area contributed by atoms with Crippen LogP contribution in [0.3, 0.4) is 0 Å². The summed E-state index contributed by atoms with van der Waals surface area (Å²) >= 11 is 1.13. The van der Waals surface area contributed by atoms with Gasteiger partial charge in [0.25, 0.3) is 5.91 Å². The lowest BCUT2D eigenvalue weighted by atomic mass is 10.1. The van der Waals surface area contributed by atoms with Crippen molar-refractivity contribution in [1.29, 1.82) is 0 Å². The van der Waals surface area contributed by atoms with Gasteiger partial charge in [-0.1, -0.05) is 0 Å². The molecule has 0 radical (unpaired) electrons. The molecule has 106 valence electrons. The molecule has 1 atom stereocenters. The Morgan fingerprint density at radius 2 is 2.37 bits per heavy atom. The number of aryl methyl sites for hydroxylation is 1. The van der Waals surface area contributed by atoms with E-state index in [0.717, 1.165) is 16.2 Å². The van der Waals surface area contributed by atoms with Crippen LogP contribution in [0.4, 0.5) is 8.78 Å². The molecular weight excluding hydrogens is 276 g/mol. The Bertz CT molecular complexity index is 464. The summed E-state index contributed by atoms with van der Waals surface area (Å²) in [6, 6.07) is 1.43. The highest BCUT2D eigenvalue weighted by atomic mass is 32.1.